The maximum absolute atomic E-state index is 10.8. The average Bonchev–Trinajstić information content (AvgIpc) is 2.37. The summed E-state index contributed by atoms with van der Waals surface area (Å²) in [6, 6.07) is 1.89. The molecule has 3 heteroatoms. The van der Waals surface area contributed by atoms with E-state index in [2.05, 4.69) is 5.32 Å². The van der Waals surface area contributed by atoms with Crippen LogP contribution in [0.1, 0.15) is 23.5 Å². The molecule has 60 valence electrons. The first kappa shape index (κ1) is 8.27. The zero-order valence-electron chi connectivity index (χ0n) is 6.68. The third kappa shape index (κ3) is 2.05. The van der Waals surface area contributed by atoms with Gasteiger partial charge in [0.25, 0.3) is 0 Å². The van der Waals surface area contributed by atoms with Gasteiger partial charge in [-0.2, -0.15) is 0 Å². The second-order valence-electron chi connectivity index (χ2n) is 2.29. The van der Waals surface area contributed by atoms with E-state index < -0.39 is 0 Å². The van der Waals surface area contributed by atoms with E-state index in [-0.39, 0.29) is 5.78 Å². The molecule has 0 aliphatic carbocycles. The normalized spacial score (nSPS) is 9.64. The van der Waals surface area contributed by atoms with Gasteiger partial charge in [0.15, 0.2) is 5.78 Å². The van der Waals surface area contributed by atoms with Crippen LogP contribution in [0, 0.1) is 0 Å². The fourth-order valence-electron chi connectivity index (χ4n) is 0.818. The van der Waals surface area contributed by atoms with Crippen molar-refractivity contribution in [1.29, 1.82) is 0 Å². The van der Waals surface area contributed by atoms with Gasteiger partial charge in [-0.1, -0.05) is 0 Å². The summed E-state index contributed by atoms with van der Waals surface area (Å²) in [4.78, 5) is 11.7. The summed E-state index contributed by atoms with van der Waals surface area (Å²) >= 11 is 1.49. The number of Topliss-reactive ketones (excluding diaryl/α,β-unsaturated/α-hetero) is 1. The summed E-state index contributed by atoms with van der Waals surface area (Å²) in [7, 11) is 0. The molecule has 1 aromatic heterocycles. The molecule has 1 aromatic rings. The van der Waals surface area contributed by atoms with Crippen molar-refractivity contribution in [3.63, 3.8) is 0 Å². The molecule has 0 spiro atoms. The molecule has 0 aromatic carbocycles. The lowest BCUT2D eigenvalue weighted by molar-refractivity contribution is 0.102. The highest BCUT2D eigenvalue weighted by Crippen LogP contribution is 2.19. The molecule has 0 bridgehead atoms. The molecule has 11 heavy (non-hydrogen) atoms. The minimum atomic E-state index is 0.138. The number of anilines is 1. The molecule has 0 aliphatic heterocycles. The fourth-order valence-corrected chi connectivity index (χ4v) is 1.58. The lowest BCUT2D eigenvalue weighted by Crippen LogP contribution is -1.94. The number of rotatable bonds is 3. The molecular formula is C8H11NOS. The second-order valence-corrected chi connectivity index (χ2v) is 3.20. The lowest BCUT2D eigenvalue weighted by Gasteiger charge is -1.94. The van der Waals surface area contributed by atoms with Gasteiger partial charge >= 0.3 is 0 Å². The standard InChI is InChI=1S/C8H11NOS/c1-3-9-7-4-8(6(2)10)11-5-7/h4-5,9H,3H2,1-2H3. The van der Waals surface area contributed by atoms with Crippen LogP contribution in [0.25, 0.3) is 0 Å². The number of thiophene rings is 1. The molecule has 0 aliphatic rings. The zero-order valence-corrected chi connectivity index (χ0v) is 7.49. The Morgan fingerprint density at radius 1 is 1.73 bits per heavy atom. The van der Waals surface area contributed by atoms with Gasteiger partial charge in [-0.25, -0.2) is 0 Å². The highest BCUT2D eigenvalue weighted by atomic mass is 32.1. The highest BCUT2D eigenvalue weighted by molar-refractivity contribution is 7.12. The smallest absolute Gasteiger partial charge is 0.169 e. The minimum Gasteiger partial charge on any atom is -0.385 e. The topological polar surface area (TPSA) is 29.1 Å². The van der Waals surface area contributed by atoms with Crippen molar-refractivity contribution in [2.24, 2.45) is 0 Å². The predicted molar refractivity (Wildman–Crippen MR) is 48.5 cm³/mol. The van der Waals surface area contributed by atoms with Gasteiger partial charge in [-0.3, -0.25) is 4.79 Å². The predicted octanol–water partition coefficient (Wildman–Crippen LogP) is 2.38. The zero-order chi connectivity index (χ0) is 8.27. The van der Waals surface area contributed by atoms with Crippen LogP contribution in [0.4, 0.5) is 5.69 Å². The Balaban J connectivity index is 2.73. The first-order valence-electron chi connectivity index (χ1n) is 3.57. The molecule has 1 N–H and O–H groups in total. The summed E-state index contributed by atoms with van der Waals surface area (Å²) in [6.07, 6.45) is 0. The van der Waals surface area contributed by atoms with Crippen LogP contribution in [0.15, 0.2) is 11.4 Å². The number of carbonyl (C=O) groups excluding carboxylic acids is 1. The molecule has 0 fully saturated rings. The van der Waals surface area contributed by atoms with E-state index in [1.165, 1.54) is 11.3 Å². The van der Waals surface area contributed by atoms with Gasteiger partial charge in [-0.05, 0) is 19.9 Å². The molecule has 1 rings (SSSR count). The minimum absolute atomic E-state index is 0.138. The summed E-state index contributed by atoms with van der Waals surface area (Å²) in [5, 5.41) is 5.10. The van der Waals surface area contributed by atoms with Crippen LogP contribution < -0.4 is 5.32 Å². The van der Waals surface area contributed by atoms with Crippen molar-refractivity contribution in [3.05, 3.63) is 16.3 Å². The van der Waals surface area contributed by atoms with Crippen molar-refractivity contribution >= 4 is 22.8 Å². The van der Waals surface area contributed by atoms with Crippen molar-refractivity contribution in [1.82, 2.24) is 0 Å². The lowest BCUT2D eigenvalue weighted by atomic mass is 10.3. The summed E-state index contributed by atoms with van der Waals surface area (Å²) < 4.78 is 0. The Kier molecular flexibility index (Phi) is 2.65. The molecular weight excluding hydrogens is 158 g/mol. The third-order valence-corrected chi connectivity index (χ3v) is 2.36. The van der Waals surface area contributed by atoms with Crippen LogP contribution >= 0.6 is 11.3 Å². The Labute approximate surface area is 70.2 Å². The molecule has 0 amide bonds. The van der Waals surface area contributed by atoms with Crippen LogP contribution in [-0.2, 0) is 0 Å². The number of hydrogen-bond donors (Lipinski definition) is 1. The van der Waals surface area contributed by atoms with Gasteiger partial charge in [0.2, 0.25) is 0 Å². The molecule has 0 atom stereocenters. The number of nitrogens with one attached hydrogen (secondary N) is 1. The summed E-state index contributed by atoms with van der Waals surface area (Å²) in [5.41, 5.74) is 1.04. The maximum Gasteiger partial charge on any atom is 0.169 e. The quantitative estimate of drug-likeness (QED) is 0.704. The van der Waals surface area contributed by atoms with Crippen molar-refractivity contribution in [2.75, 3.05) is 11.9 Å². The van der Waals surface area contributed by atoms with Gasteiger partial charge in [-0.15, -0.1) is 11.3 Å². The number of carbonyl (C=O) groups is 1. The van der Waals surface area contributed by atoms with Crippen LogP contribution in [-0.4, -0.2) is 12.3 Å². The van der Waals surface area contributed by atoms with Crippen molar-refractivity contribution in [3.8, 4) is 0 Å². The highest BCUT2D eigenvalue weighted by Gasteiger charge is 2.01. The van der Waals surface area contributed by atoms with Gasteiger partial charge in [0, 0.05) is 17.6 Å². The van der Waals surface area contributed by atoms with E-state index in [0.717, 1.165) is 17.1 Å². The number of ketones is 1. The van der Waals surface area contributed by atoms with E-state index in [0.29, 0.717) is 0 Å². The van der Waals surface area contributed by atoms with E-state index in [1.807, 2.05) is 18.4 Å². The first-order chi connectivity index (χ1) is 5.24. The van der Waals surface area contributed by atoms with Gasteiger partial charge < -0.3 is 5.32 Å². The van der Waals surface area contributed by atoms with Crippen LogP contribution in [0.3, 0.4) is 0 Å². The largest absolute Gasteiger partial charge is 0.385 e. The summed E-state index contributed by atoms with van der Waals surface area (Å²) in [5.74, 6) is 0.138. The third-order valence-electron chi connectivity index (χ3n) is 1.33. The van der Waals surface area contributed by atoms with Crippen LogP contribution in [0.2, 0.25) is 0 Å². The average molecular weight is 169 g/mol. The molecule has 0 saturated carbocycles. The molecule has 0 saturated heterocycles. The van der Waals surface area contributed by atoms with E-state index in [4.69, 9.17) is 0 Å². The Hall–Kier alpha value is -0.830. The Morgan fingerprint density at radius 3 is 2.91 bits per heavy atom. The Morgan fingerprint density at radius 2 is 2.45 bits per heavy atom. The molecule has 2 nitrogen and oxygen atoms in total. The Bertz CT molecular complexity index is 254. The molecule has 0 radical (unpaired) electrons. The van der Waals surface area contributed by atoms with Crippen molar-refractivity contribution < 1.29 is 4.79 Å². The maximum atomic E-state index is 10.8. The SMILES string of the molecule is CCNc1csc(C(C)=O)c1. The monoisotopic (exact) mass is 169 g/mol. The molecule has 0 unspecified atom stereocenters. The van der Waals surface area contributed by atoms with Gasteiger partial charge in [0.1, 0.15) is 0 Å². The van der Waals surface area contributed by atoms with E-state index in [9.17, 15) is 4.79 Å². The van der Waals surface area contributed by atoms with Crippen LogP contribution in [0.5, 0.6) is 0 Å². The van der Waals surface area contributed by atoms with E-state index in [1.54, 1.807) is 6.92 Å². The van der Waals surface area contributed by atoms with Crippen molar-refractivity contribution in [2.45, 2.75) is 13.8 Å². The summed E-state index contributed by atoms with van der Waals surface area (Å²) in [6.45, 7) is 4.51. The van der Waals surface area contributed by atoms with Gasteiger partial charge in [0.05, 0.1) is 4.88 Å². The number of hydrogen-bond acceptors (Lipinski definition) is 3. The first-order valence-corrected chi connectivity index (χ1v) is 4.45. The fraction of sp³-hybridized carbons (Fsp3) is 0.375. The molecule has 1 heterocycles. The van der Waals surface area contributed by atoms with E-state index >= 15 is 0 Å². The second kappa shape index (κ2) is 3.53.